The van der Waals surface area contributed by atoms with E-state index in [2.05, 4.69) is 53.6 Å². The lowest BCUT2D eigenvalue weighted by Crippen LogP contribution is -2.42. The van der Waals surface area contributed by atoms with Crippen molar-refractivity contribution in [3.05, 3.63) is 29.8 Å². The van der Waals surface area contributed by atoms with Crippen LogP contribution in [0.5, 0.6) is 0 Å². The SMILES string of the molecule is CCN(CCNC(=O)NCC1(CO)CC1)c1cccc(C)c1. The Morgan fingerprint density at radius 2 is 2.14 bits per heavy atom. The van der Waals surface area contributed by atoms with Crippen molar-refractivity contribution < 1.29 is 9.90 Å². The molecule has 2 amide bonds. The number of carbonyl (C=O) groups excluding carboxylic acids is 1. The van der Waals surface area contributed by atoms with Crippen LogP contribution in [-0.4, -0.2) is 43.9 Å². The van der Waals surface area contributed by atoms with E-state index in [4.69, 9.17) is 0 Å². The average molecular weight is 305 g/mol. The Labute approximate surface area is 132 Å². The number of hydrogen-bond acceptors (Lipinski definition) is 3. The summed E-state index contributed by atoms with van der Waals surface area (Å²) >= 11 is 0. The number of benzene rings is 1. The first-order valence-electron chi connectivity index (χ1n) is 8.03. The number of aliphatic hydroxyl groups excluding tert-OH is 1. The first-order valence-corrected chi connectivity index (χ1v) is 8.03. The van der Waals surface area contributed by atoms with Crippen molar-refractivity contribution >= 4 is 11.7 Å². The number of hydrogen-bond donors (Lipinski definition) is 3. The van der Waals surface area contributed by atoms with Gasteiger partial charge < -0.3 is 20.6 Å². The van der Waals surface area contributed by atoms with Crippen LogP contribution in [0.15, 0.2) is 24.3 Å². The third-order valence-electron chi connectivity index (χ3n) is 4.33. The quantitative estimate of drug-likeness (QED) is 0.687. The minimum atomic E-state index is -0.153. The van der Waals surface area contributed by atoms with Crippen molar-refractivity contribution in [1.82, 2.24) is 10.6 Å². The zero-order chi connectivity index (χ0) is 16.0. The first-order chi connectivity index (χ1) is 10.6. The lowest BCUT2D eigenvalue weighted by Gasteiger charge is -2.23. The van der Waals surface area contributed by atoms with Crippen molar-refractivity contribution in [3.63, 3.8) is 0 Å². The van der Waals surface area contributed by atoms with Gasteiger partial charge in [-0.2, -0.15) is 0 Å². The van der Waals surface area contributed by atoms with Crippen LogP contribution < -0.4 is 15.5 Å². The number of amides is 2. The molecule has 2 rings (SSSR count). The number of nitrogens with one attached hydrogen (secondary N) is 2. The van der Waals surface area contributed by atoms with E-state index in [9.17, 15) is 9.90 Å². The maximum absolute atomic E-state index is 11.8. The highest BCUT2D eigenvalue weighted by Gasteiger charge is 2.42. The number of aryl methyl sites for hydroxylation is 1. The molecule has 1 aromatic carbocycles. The third-order valence-corrected chi connectivity index (χ3v) is 4.33. The molecule has 1 fully saturated rings. The van der Waals surface area contributed by atoms with Gasteiger partial charge >= 0.3 is 6.03 Å². The molecule has 5 nitrogen and oxygen atoms in total. The number of urea groups is 1. The van der Waals surface area contributed by atoms with E-state index in [1.165, 1.54) is 11.3 Å². The summed E-state index contributed by atoms with van der Waals surface area (Å²) in [5.41, 5.74) is 2.37. The molecule has 1 aliphatic rings. The van der Waals surface area contributed by atoms with Gasteiger partial charge in [-0.1, -0.05) is 12.1 Å². The second kappa shape index (κ2) is 7.49. The van der Waals surface area contributed by atoms with Gasteiger partial charge in [0.25, 0.3) is 0 Å². The van der Waals surface area contributed by atoms with Crippen molar-refractivity contribution in [3.8, 4) is 0 Å². The summed E-state index contributed by atoms with van der Waals surface area (Å²) in [6.07, 6.45) is 2.00. The minimum absolute atomic E-state index is 0.0473. The summed E-state index contributed by atoms with van der Waals surface area (Å²) in [6.45, 7) is 7.19. The van der Waals surface area contributed by atoms with E-state index in [1.807, 2.05) is 0 Å². The zero-order valence-electron chi connectivity index (χ0n) is 13.6. The van der Waals surface area contributed by atoms with Crippen LogP contribution in [0.4, 0.5) is 10.5 Å². The summed E-state index contributed by atoms with van der Waals surface area (Å²) in [5, 5.41) is 15.0. The standard InChI is InChI=1S/C17H27N3O2/c1-3-20(15-6-4-5-14(2)11-15)10-9-18-16(22)19-12-17(13-21)7-8-17/h4-6,11,21H,3,7-10,12-13H2,1-2H3,(H2,18,19,22). The molecule has 1 aromatic rings. The first kappa shape index (κ1) is 16.6. The van der Waals surface area contributed by atoms with Gasteiger partial charge in [0.1, 0.15) is 0 Å². The van der Waals surface area contributed by atoms with Crippen LogP contribution in [0, 0.1) is 12.3 Å². The molecule has 3 N–H and O–H groups in total. The van der Waals surface area contributed by atoms with Gasteiger partial charge in [0, 0.05) is 37.3 Å². The summed E-state index contributed by atoms with van der Waals surface area (Å²) in [5.74, 6) is 0. The van der Waals surface area contributed by atoms with Gasteiger partial charge in [-0.15, -0.1) is 0 Å². The molecule has 0 heterocycles. The maximum Gasteiger partial charge on any atom is 0.314 e. The van der Waals surface area contributed by atoms with Gasteiger partial charge in [0.2, 0.25) is 0 Å². The van der Waals surface area contributed by atoms with E-state index in [-0.39, 0.29) is 18.1 Å². The molecule has 5 heteroatoms. The summed E-state index contributed by atoms with van der Waals surface area (Å²) in [6, 6.07) is 8.23. The third kappa shape index (κ3) is 4.63. The fourth-order valence-electron chi connectivity index (χ4n) is 2.50. The second-order valence-corrected chi connectivity index (χ2v) is 6.19. The molecule has 0 aromatic heterocycles. The molecule has 0 radical (unpaired) electrons. The molecule has 1 aliphatic carbocycles. The fourth-order valence-corrected chi connectivity index (χ4v) is 2.50. The molecule has 0 bridgehead atoms. The number of rotatable bonds is 8. The summed E-state index contributed by atoms with van der Waals surface area (Å²) in [4.78, 5) is 14.0. The Morgan fingerprint density at radius 3 is 2.73 bits per heavy atom. The van der Waals surface area contributed by atoms with Gasteiger partial charge in [0.15, 0.2) is 0 Å². The Morgan fingerprint density at radius 1 is 1.36 bits per heavy atom. The predicted octanol–water partition coefficient (Wildman–Crippen LogP) is 1.89. The van der Waals surface area contributed by atoms with Gasteiger partial charge in [0.05, 0.1) is 6.61 Å². The van der Waals surface area contributed by atoms with Crippen molar-refractivity contribution in [2.45, 2.75) is 26.7 Å². The van der Waals surface area contributed by atoms with Crippen molar-refractivity contribution in [2.75, 3.05) is 37.7 Å². The van der Waals surface area contributed by atoms with E-state index in [0.717, 1.165) is 25.9 Å². The average Bonchev–Trinajstić information content (AvgIpc) is 3.30. The Bertz CT molecular complexity index is 500. The fraction of sp³-hybridized carbons (Fsp3) is 0.588. The van der Waals surface area contributed by atoms with Crippen molar-refractivity contribution in [2.24, 2.45) is 5.41 Å². The lowest BCUT2D eigenvalue weighted by molar-refractivity contribution is 0.203. The van der Waals surface area contributed by atoms with E-state index in [0.29, 0.717) is 13.1 Å². The van der Waals surface area contributed by atoms with Crippen molar-refractivity contribution in [1.29, 1.82) is 0 Å². The van der Waals surface area contributed by atoms with Crippen LogP contribution in [0.25, 0.3) is 0 Å². The van der Waals surface area contributed by atoms with E-state index < -0.39 is 0 Å². The molecule has 122 valence electrons. The molecule has 0 unspecified atom stereocenters. The molecule has 0 saturated heterocycles. The molecule has 0 atom stereocenters. The van der Waals surface area contributed by atoms with Gasteiger partial charge in [-0.25, -0.2) is 4.79 Å². The van der Waals surface area contributed by atoms with Crippen LogP contribution >= 0.6 is 0 Å². The van der Waals surface area contributed by atoms with E-state index >= 15 is 0 Å². The summed E-state index contributed by atoms with van der Waals surface area (Å²) < 4.78 is 0. The van der Waals surface area contributed by atoms with Crippen LogP contribution in [0.2, 0.25) is 0 Å². The lowest BCUT2D eigenvalue weighted by atomic mass is 10.1. The van der Waals surface area contributed by atoms with Crippen LogP contribution in [0.1, 0.15) is 25.3 Å². The zero-order valence-corrected chi connectivity index (χ0v) is 13.6. The minimum Gasteiger partial charge on any atom is -0.396 e. The molecule has 1 saturated carbocycles. The number of likely N-dealkylation sites (N-methyl/N-ethyl adjacent to an activating group) is 1. The normalized spacial score (nSPS) is 15.2. The Kier molecular flexibility index (Phi) is 5.66. The number of carbonyl (C=O) groups is 1. The van der Waals surface area contributed by atoms with Gasteiger partial charge in [-0.05, 0) is 44.4 Å². The van der Waals surface area contributed by atoms with Crippen LogP contribution in [0.3, 0.4) is 0 Å². The highest BCUT2D eigenvalue weighted by molar-refractivity contribution is 5.74. The molecular weight excluding hydrogens is 278 g/mol. The molecular formula is C17H27N3O2. The Hall–Kier alpha value is -1.75. The molecule has 22 heavy (non-hydrogen) atoms. The number of nitrogens with zero attached hydrogens (tertiary/aromatic N) is 1. The molecule has 0 spiro atoms. The highest BCUT2D eigenvalue weighted by atomic mass is 16.3. The molecule has 0 aliphatic heterocycles. The summed E-state index contributed by atoms with van der Waals surface area (Å²) in [7, 11) is 0. The highest BCUT2D eigenvalue weighted by Crippen LogP contribution is 2.44. The number of anilines is 1. The van der Waals surface area contributed by atoms with Gasteiger partial charge in [-0.3, -0.25) is 0 Å². The number of aliphatic hydroxyl groups is 1. The Balaban J connectivity index is 1.71. The predicted molar refractivity (Wildman–Crippen MR) is 89.2 cm³/mol. The topological polar surface area (TPSA) is 64.6 Å². The maximum atomic E-state index is 11.8. The van der Waals surface area contributed by atoms with E-state index in [1.54, 1.807) is 0 Å². The second-order valence-electron chi connectivity index (χ2n) is 6.19. The van der Waals surface area contributed by atoms with Crippen LogP contribution in [-0.2, 0) is 0 Å². The smallest absolute Gasteiger partial charge is 0.314 e. The largest absolute Gasteiger partial charge is 0.396 e. The monoisotopic (exact) mass is 305 g/mol.